The van der Waals surface area contributed by atoms with Gasteiger partial charge in [-0.2, -0.15) is 0 Å². The molecule has 4 heteroatoms. The lowest BCUT2D eigenvalue weighted by Crippen LogP contribution is -2.16. The van der Waals surface area contributed by atoms with Gasteiger partial charge in [-0.3, -0.25) is 4.79 Å². The molecule has 0 aliphatic rings. The van der Waals surface area contributed by atoms with E-state index in [9.17, 15) is 4.79 Å². The van der Waals surface area contributed by atoms with Crippen molar-refractivity contribution in [3.05, 3.63) is 23.3 Å². The van der Waals surface area contributed by atoms with Crippen LogP contribution in [0, 0.1) is 13.8 Å². The van der Waals surface area contributed by atoms with E-state index in [1.54, 1.807) is 7.11 Å². The molecule has 82 valence electrons. The minimum atomic E-state index is -0.531. The van der Waals surface area contributed by atoms with E-state index < -0.39 is 12.5 Å². The fourth-order valence-electron chi connectivity index (χ4n) is 1.43. The summed E-state index contributed by atoms with van der Waals surface area (Å²) in [5.41, 5.74) is 2.59. The highest BCUT2D eigenvalue weighted by molar-refractivity contribution is 5.94. The molecule has 1 amide bonds. The van der Waals surface area contributed by atoms with Crippen LogP contribution in [0.4, 0.5) is 5.69 Å². The van der Waals surface area contributed by atoms with Gasteiger partial charge in [-0.05, 0) is 31.0 Å². The summed E-state index contributed by atoms with van der Waals surface area (Å²) in [7, 11) is 1.54. The van der Waals surface area contributed by atoms with Crippen molar-refractivity contribution in [2.45, 2.75) is 13.8 Å². The Labute approximate surface area is 88.9 Å². The van der Waals surface area contributed by atoms with Crippen LogP contribution in [-0.2, 0) is 4.79 Å². The molecule has 0 fully saturated rings. The largest absolute Gasteiger partial charge is 0.495 e. The van der Waals surface area contributed by atoms with Crippen LogP contribution >= 0.6 is 0 Å². The smallest absolute Gasteiger partial charge is 0.250 e. The molecule has 0 aliphatic carbocycles. The first-order valence-corrected chi connectivity index (χ1v) is 4.64. The zero-order valence-electron chi connectivity index (χ0n) is 9.13. The minimum Gasteiger partial charge on any atom is -0.495 e. The Morgan fingerprint density at radius 1 is 1.47 bits per heavy atom. The average Bonchev–Trinajstić information content (AvgIpc) is 2.21. The predicted octanol–water partition coefficient (Wildman–Crippen LogP) is 1.24. The van der Waals surface area contributed by atoms with Crippen LogP contribution in [0.25, 0.3) is 0 Å². The molecule has 1 rings (SSSR count). The molecule has 0 unspecified atom stereocenters. The molecule has 0 heterocycles. The molecule has 4 nitrogen and oxygen atoms in total. The van der Waals surface area contributed by atoms with Gasteiger partial charge in [0.1, 0.15) is 12.4 Å². The molecule has 0 saturated heterocycles. The molecule has 0 atom stereocenters. The molecular formula is C11H15NO3. The quantitative estimate of drug-likeness (QED) is 0.787. The highest BCUT2D eigenvalue weighted by atomic mass is 16.5. The summed E-state index contributed by atoms with van der Waals surface area (Å²) in [5, 5.41) is 11.2. The van der Waals surface area contributed by atoms with Gasteiger partial charge >= 0.3 is 0 Å². The van der Waals surface area contributed by atoms with Crippen molar-refractivity contribution in [3.8, 4) is 5.75 Å². The zero-order chi connectivity index (χ0) is 11.4. The van der Waals surface area contributed by atoms with Gasteiger partial charge in [-0.15, -0.1) is 0 Å². The maximum absolute atomic E-state index is 11.1. The molecule has 0 saturated carbocycles. The van der Waals surface area contributed by atoms with Gasteiger partial charge in [0, 0.05) is 0 Å². The van der Waals surface area contributed by atoms with Crippen LogP contribution in [-0.4, -0.2) is 24.7 Å². The molecule has 1 aromatic carbocycles. The normalized spacial score (nSPS) is 9.87. The molecule has 0 bridgehead atoms. The first-order chi connectivity index (χ1) is 7.08. The number of aryl methyl sites for hydroxylation is 2. The van der Waals surface area contributed by atoms with Gasteiger partial charge in [0.15, 0.2) is 0 Å². The molecular weight excluding hydrogens is 194 g/mol. The summed E-state index contributed by atoms with van der Waals surface area (Å²) in [6, 6.07) is 3.77. The fourth-order valence-corrected chi connectivity index (χ4v) is 1.43. The SMILES string of the molecule is COc1cc(C)cc(C)c1NC(=O)CO. The van der Waals surface area contributed by atoms with E-state index in [-0.39, 0.29) is 0 Å². The summed E-state index contributed by atoms with van der Waals surface area (Å²) in [4.78, 5) is 11.1. The lowest BCUT2D eigenvalue weighted by molar-refractivity contribution is -0.118. The molecule has 2 N–H and O–H groups in total. The van der Waals surface area contributed by atoms with Crippen molar-refractivity contribution in [1.82, 2.24) is 0 Å². The Morgan fingerprint density at radius 3 is 2.67 bits per heavy atom. The van der Waals surface area contributed by atoms with Crippen molar-refractivity contribution in [2.24, 2.45) is 0 Å². The van der Waals surface area contributed by atoms with Gasteiger partial charge in [0.05, 0.1) is 12.8 Å². The third kappa shape index (κ3) is 2.70. The van der Waals surface area contributed by atoms with Crippen LogP contribution < -0.4 is 10.1 Å². The van der Waals surface area contributed by atoms with Crippen molar-refractivity contribution in [1.29, 1.82) is 0 Å². The summed E-state index contributed by atoms with van der Waals surface area (Å²) < 4.78 is 5.16. The summed E-state index contributed by atoms with van der Waals surface area (Å²) in [6.45, 7) is 3.30. The second kappa shape index (κ2) is 4.79. The van der Waals surface area contributed by atoms with Crippen LogP contribution in [0.5, 0.6) is 5.75 Å². The third-order valence-corrected chi connectivity index (χ3v) is 2.07. The number of hydrogen-bond acceptors (Lipinski definition) is 3. The number of nitrogens with one attached hydrogen (secondary N) is 1. The highest BCUT2D eigenvalue weighted by Gasteiger charge is 2.10. The Bertz CT molecular complexity index is 374. The number of aliphatic hydroxyl groups excluding tert-OH is 1. The Balaban J connectivity index is 3.09. The van der Waals surface area contributed by atoms with E-state index in [1.165, 1.54) is 0 Å². The maximum atomic E-state index is 11.1. The van der Waals surface area contributed by atoms with E-state index in [2.05, 4.69) is 5.32 Å². The number of rotatable bonds is 3. The van der Waals surface area contributed by atoms with E-state index in [1.807, 2.05) is 26.0 Å². The minimum absolute atomic E-state index is 0.444. The first-order valence-electron chi connectivity index (χ1n) is 4.64. The van der Waals surface area contributed by atoms with Crippen molar-refractivity contribution in [2.75, 3.05) is 19.0 Å². The zero-order valence-corrected chi connectivity index (χ0v) is 9.13. The molecule has 0 spiro atoms. The number of hydrogen-bond donors (Lipinski definition) is 2. The Morgan fingerprint density at radius 2 is 2.13 bits per heavy atom. The predicted molar refractivity (Wildman–Crippen MR) is 58.2 cm³/mol. The molecule has 15 heavy (non-hydrogen) atoms. The fraction of sp³-hybridized carbons (Fsp3) is 0.364. The number of aliphatic hydroxyl groups is 1. The first kappa shape index (κ1) is 11.5. The van der Waals surface area contributed by atoms with E-state index >= 15 is 0 Å². The number of methoxy groups -OCH3 is 1. The number of ether oxygens (including phenoxy) is 1. The van der Waals surface area contributed by atoms with Crippen LogP contribution in [0.1, 0.15) is 11.1 Å². The van der Waals surface area contributed by atoms with Gasteiger partial charge in [-0.25, -0.2) is 0 Å². The molecule has 1 aromatic rings. The Hall–Kier alpha value is -1.55. The number of benzene rings is 1. The molecule has 0 radical (unpaired) electrons. The summed E-state index contributed by atoms with van der Waals surface area (Å²) >= 11 is 0. The highest BCUT2D eigenvalue weighted by Crippen LogP contribution is 2.29. The maximum Gasteiger partial charge on any atom is 0.250 e. The topological polar surface area (TPSA) is 58.6 Å². The van der Waals surface area contributed by atoms with E-state index in [0.717, 1.165) is 11.1 Å². The average molecular weight is 209 g/mol. The third-order valence-electron chi connectivity index (χ3n) is 2.07. The van der Waals surface area contributed by atoms with Gasteiger partial charge in [-0.1, -0.05) is 6.07 Å². The van der Waals surface area contributed by atoms with Crippen LogP contribution in [0.2, 0.25) is 0 Å². The number of carbonyl (C=O) groups excluding carboxylic acids is 1. The molecule has 0 aromatic heterocycles. The number of carbonyl (C=O) groups is 1. The summed E-state index contributed by atoms with van der Waals surface area (Å²) in [6.07, 6.45) is 0. The molecule has 0 aliphatic heterocycles. The van der Waals surface area contributed by atoms with Crippen LogP contribution in [0.15, 0.2) is 12.1 Å². The van der Waals surface area contributed by atoms with Gasteiger partial charge in [0.25, 0.3) is 0 Å². The lowest BCUT2D eigenvalue weighted by atomic mass is 10.1. The monoisotopic (exact) mass is 209 g/mol. The van der Waals surface area contributed by atoms with E-state index in [0.29, 0.717) is 11.4 Å². The number of anilines is 1. The second-order valence-corrected chi connectivity index (χ2v) is 3.37. The standard InChI is InChI=1S/C11H15NO3/c1-7-4-8(2)11(9(5-7)15-3)12-10(14)6-13/h4-5,13H,6H2,1-3H3,(H,12,14). The van der Waals surface area contributed by atoms with Crippen LogP contribution in [0.3, 0.4) is 0 Å². The van der Waals surface area contributed by atoms with Gasteiger partial charge in [0.2, 0.25) is 5.91 Å². The Kier molecular flexibility index (Phi) is 3.68. The lowest BCUT2D eigenvalue weighted by Gasteiger charge is -2.13. The second-order valence-electron chi connectivity index (χ2n) is 3.37. The van der Waals surface area contributed by atoms with Crippen molar-refractivity contribution in [3.63, 3.8) is 0 Å². The van der Waals surface area contributed by atoms with Crippen molar-refractivity contribution >= 4 is 11.6 Å². The van der Waals surface area contributed by atoms with Crippen molar-refractivity contribution < 1.29 is 14.6 Å². The van der Waals surface area contributed by atoms with E-state index in [4.69, 9.17) is 9.84 Å². The van der Waals surface area contributed by atoms with Gasteiger partial charge < -0.3 is 15.2 Å². The summed E-state index contributed by atoms with van der Waals surface area (Å²) in [5.74, 6) is 0.162. The number of amides is 1.